The molecule has 2 aromatic carbocycles. The van der Waals surface area contributed by atoms with Crippen molar-refractivity contribution in [2.45, 2.75) is 6.92 Å². The minimum absolute atomic E-state index is 0.258. The fourth-order valence-corrected chi connectivity index (χ4v) is 3.22. The Kier molecular flexibility index (Phi) is 5.61. The summed E-state index contributed by atoms with van der Waals surface area (Å²) in [5, 5.41) is 11.0. The van der Waals surface area contributed by atoms with E-state index >= 15 is 0 Å². The molecule has 1 N–H and O–H groups in total. The number of benzene rings is 2. The monoisotopic (exact) mass is 501 g/mol. The molecule has 0 bridgehead atoms. The molecule has 0 unspecified atom stereocenters. The lowest BCUT2D eigenvalue weighted by molar-refractivity contribution is 0.102. The Hall–Kier alpha value is -3.14. The van der Waals surface area contributed by atoms with Crippen LogP contribution in [-0.2, 0) is 0 Å². The Morgan fingerprint density at radius 2 is 1.97 bits per heavy atom. The van der Waals surface area contributed by atoms with E-state index in [9.17, 15) is 4.79 Å². The molecule has 0 saturated carbocycles. The molecule has 8 heteroatoms. The van der Waals surface area contributed by atoms with Gasteiger partial charge in [-0.25, -0.2) is 0 Å². The van der Waals surface area contributed by atoms with Crippen molar-refractivity contribution in [1.82, 2.24) is 10.2 Å². The number of carbonyl (C=O) groups is 1. The number of carbonyl (C=O) groups excluding carboxylic acids is 1. The minimum Gasteiger partial charge on any atom is -0.493 e. The molecule has 0 atom stereocenters. The minimum atomic E-state index is -0.258. The van der Waals surface area contributed by atoms with Crippen LogP contribution in [0.3, 0.4) is 0 Å². The van der Waals surface area contributed by atoms with E-state index in [-0.39, 0.29) is 5.91 Å². The fraction of sp³-hybridized carbons (Fsp3) is 0.0952. The predicted molar refractivity (Wildman–Crippen MR) is 116 cm³/mol. The van der Waals surface area contributed by atoms with Gasteiger partial charge in [-0.3, -0.25) is 4.79 Å². The average Bonchev–Trinajstić information content (AvgIpc) is 3.41. The van der Waals surface area contributed by atoms with Gasteiger partial charge in [0.05, 0.1) is 18.4 Å². The van der Waals surface area contributed by atoms with E-state index in [1.807, 2.05) is 19.1 Å². The lowest BCUT2D eigenvalue weighted by atomic mass is 10.1. The second-order valence-electron chi connectivity index (χ2n) is 6.00. The van der Waals surface area contributed by atoms with Crippen LogP contribution in [0.4, 0.5) is 5.69 Å². The summed E-state index contributed by atoms with van der Waals surface area (Å²) < 4.78 is 17.5. The summed E-state index contributed by atoms with van der Waals surface area (Å²) in [6.07, 6.45) is 1.54. The maximum absolute atomic E-state index is 12.8. The van der Waals surface area contributed by atoms with E-state index in [0.29, 0.717) is 46.7 Å². The molecule has 1 amide bonds. The zero-order valence-electron chi connectivity index (χ0n) is 15.4. The number of nitrogens with one attached hydrogen (secondary N) is 1. The van der Waals surface area contributed by atoms with Crippen LogP contribution in [0, 0.1) is 3.57 Å². The molecular weight excluding hydrogens is 485 g/mol. The Bertz CT molecular complexity index is 1140. The summed E-state index contributed by atoms with van der Waals surface area (Å²) in [6.45, 7) is 2.36. The molecule has 0 radical (unpaired) electrons. The van der Waals surface area contributed by atoms with Crippen LogP contribution in [0.25, 0.3) is 23.1 Å². The Morgan fingerprint density at radius 3 is 2.76 bits per heavy atom. The highest BCUT2D eigenvalue weighted by molar-refractivity contribution is 14.1. The first-order valence-corrected chi connectivity index (χ1v) is 9.93. The smallest absolute Gasteiger partial charge is 0.283 e. The van der Waals surface area contributed by atoms with Crippen molar-refractivity contribution < 1.29 is 18.4 Å². The van der Waals surface area contributed by atoms with Crippen LogP contribution in [0.15, 0.2) is 69.7 Å². The number of rotatable bonds is 6. The number of ether oxygens (including phenoxy) is 1. The number of hydrogen-bond acceptors (Lipinski definition) is 6. The number of aromatic nitrogens is 2. The summed E-state index contributed by atoms with van der Waals surface area (Å²) >= 11 is 2.16. The third-order valence-corrected chi connectivity index (χ3v) is 4.68. The SMILES string of the molecule is CCOc1ccc(I)cc1C(=O)Nc1cccc(-c2nnc(-c3ccco3)o2)c1. The molecule has 4 rings (SSSR count). The van der Waals surface area contributed by atoms with Gasteiger partial charge < -0.3 is 18.9 Å². The zero-order valence-corrected chi connectivity index (χ0v) is 17.5. The van der Waals surface area contributed by atoms with Gasteiger partial charge >= 0.3 is 0 Å². The van der Waals surface area contributed by atoms with Crippen molar-refractivity contribution in [3.63, 3.8) is 0 Å². The zero-order chi connectivity index (χ0) is 20.2. The first-order valence-electron chi connectivity index (χ1n) is 8.85. The molecule has 2 heterocycles. The van der Waals surface area contributed by atoms with Crippen LogP contribution in [-0.4, -0.2) is 22.7 Å². The Balaban J connectivity index is 1.57. The number of amides is 1. The average molecular weight is 501 g/mol. The standard InChI is InChI=1S/C21H16IN3O4/c1-2-27-17-9-8-14(22)12-16(17)19(26)23-15-6-3-5-13(11-15)20-24-25-21(29-20)18-7-4-10-28-18/h3-12H,2H2,1H3,(H,23,26). The van der Waals surface area contributed by atoms with Gasteiger partial charge in [0, 0.05) is 14.8 Å². The lowest BCUT2D eigenvalue weighted by Crippen LogP contribution is -2.14. The first kappa shape index (κ1) is 19.2. The number of furan rings is 1. The second kappa shape index (κ2) is 8.48. The van der Waals surface area contributed by atoms with E-state index in [0.717, 1.165) is 3.57 Å². The first-order chi connectivity index (χ1) is 14.1. The Labute approximate surface area is 180 Å². The summed E-state index contributed by atoms with van der Waals surface area (Å²) in [7, 11) is 0. The van der Waals surface area contributed by atoms with Gasteiger partial charge in [-0.1, -0.05) is 6.07 Å². The van der Waals surface area contributed by atoms with E-state index in [1.165, 1.54) is 6.26 Å². The number of nitrogens with zero attached hydrogens (tertiary/aromatic N) is 2. The normalized spacial score (nSPS) is 10.7. The predicted octanol–water partition coefficient (Wildman–Crippen LogP) is 5.25. The lowest BCUT2D eigenvalue weighted by Gasteiger charge is -2.11. The molecule has 0 saturated heterocycles. The van der Waals surface area contributed by atoms with E-state index < -0.39 is 0 Å². The van der Waals surface area contributed by atoms with Crippen LogP contribution in [0.1, 0.15) is 17.3 Å². The van der Waals surface area contributed by atoms with Crippen molar-refractivity contribution in [2.24, 2.45) is 0 Å². The highest BCUT2D eigenvalue weighted by Crippen LogP contribution is 2.27. The maximum Gasteiger partial charge on any atom is 0.283 e. The largest absolute Gasteiger partial charge is 0.493 e. The molecule has 7 nitrogen and oxygen atoms in total. The van der Waals surface area contributed by atoms with Gasteiger partial charge in [-0.05, 0) is 78.0 Å². The number of halogens is 1. The van der Waals surface area contributed by atoms with Crippen molar-refractivity contribution in [3.05, 3.63) is 70.0 Å². The van der Waals surface area contributed by atoms with Crippen molar-refractivity contribution >= 4 is 34.2 Å². The molecule has 0 aliphatic rings. The molecular formula is C21H16IN3O4. The summed E-state index contributed by atoms with van der Waals surface area (Å²) in [6, 6.07) is 16.2. The maximum atomic E-state index is 12.8. The third kappa shape index (κ3) is 4.32. The molecule has 0 spiro atoms. The van der Waals surface area contributed by atoms with E-state index in [4.69, 9.17) is 13.6 Å². The highest BCUT2D eigenvalue weighted by Gasteiger charge is 2.16. The van der Waals surface area contributed by atoms with E-state index in [2.05, 4.69) is 38.1 Å². The summed E-state index contributed by atoms with van der Waals surface area (Å²) in [4.78, 5) is 12.8. The summed E-state index contributed by atoms with van der Waals surface area (Å²) in [5.74, 6) is 1.40. The second-order valence-corrected chi connectivity index (χ2v) is 7.24. The van der Waals surface area contributed by atoms with Crippen LogP contribution < -0.4 is 10.1 Å². The van der Waals surface area contributed by atoms with Crippen molar-refractivity contribution in [2.75, 3.05) is 11.9 Å². The molecule has 29 heavy (non-hydrogen) atoms. The topological polar surface area (TPSA) is 90.4 Å². The quantitative estimate of drug-likeness (QED) is 0.363. The van der Waals surface area contributed by atoms with Gasteiger partial charge in [-0.15, -0.1) is 10.2 Å². The summed E-state index contributed by atoms with van der Waals surface area (Å²) in [5.41, 5.74) is 1.76. The van der Waals surface area contributed by atoms with E-state index in [1.54, 1.807) is 42.5 Å². The Morgan fingerprint density at radius 1 is 1.10 bits per heavy atom. The fourth-order valence-electron chi connectivity index (χ4n) is 2.73. The van der Waals surface area contributed by atoms with Gasteiger partial charge in [0.2, 0.25) is 5.89 Å². The van der Waals surface area contributed by atoms with Gasteiger partial charge in [0.15, 0.2) is 5.76 Å². The molecule has 4 aromatic rings. The molecule has 2 aromatic heterocycles. The number of hydrogen-bond donors (Lipinski definition) is 1. The van der Waals surface area contributed by atoms with Crippen LogP contribution in [0.5, 0.6) is 5.75 Å². The third-order valence-electron chi connectivity index (χ3n) is 4.01. The molecule has 0 fully saturated rings. The molecule has 0 aliphatic carbocycles. The highest BCUT2D eigenvalue weighted by atomic mass is 127. The van der Waals surface area contributed by atoms with Gasteiger partial charge in [0.1, 0.15) is 5.75 Å². The van der Waals surface area contributed by atoms with Crippen molar-refractivity contribution in [1.29, 1.82) is 0 Å². The van der Waals surface area contributed by atoms with Crippen LogP contribution >= 0.6 is 22.6 Å². The molecule has 0 aliphatic heterocycles. The van der Waals surface area contributed by atoms with Crippen LogP contribution in [0.2, 0.25) is 0 Å². The molecule has 146 valence electrons. The van der Waals surface area contributed by atoms with Gasteiger partial charge in [-0.2, -0.15) is 0 Å². The number of anilines is 1. The van der Waals surface area contributed by atoms with Gasteiger partial charge in [0.25, 0.3) is 11.8 Å². The van der Waals surface area contributed by atoms with Crippen molar-refractivity contribution in [3.8, 4) is 28.9 Å².